The number of rotatable bonds is 4. The molecule has 2 N–H and O–H groups in total. The van der Waals surface area contributed by atoms with Crippen molar-refractivity contribution in [1.82, 2.24) is 25.5 Å². The summed E-state index contributed by atoms with van der Waals surface area (Å²) in [5.74, 6) is 0.558. The van der Waals surface area contributed by atoms with Crippen molar-refractivity contribution in [2.24, 2.45) is 0 Å². The molecule has 0 spiro atoms. The number of halogens is 1. The Hall–Kier alpha value is -1.95. The van der Waals surface area contributed by atoms with E-state index in [0.717, 1.165) is 11.5 Å². The van der Waals surface area contributed by atoms with Gasteiger partial charge in [-0.15, -0.1) is 0 Å². The molecule has 0 aliphatic carbocycles. The first-order valence-corrected chi connectivity index (χ1v) is 7.04. The van der Waals surface area contributed by atoms with Gasteiger partial charge in [-0.1, -0.05) is 32.4 Å². The zero-order valence-corrected chi connectivity index (χ0v) is 13.0. The third kappa shape index (κ3) is 4.26. The van der Waals surface area contributed by atoms with E-state index in [-0.39, 0.29) is 11.3 Å². The number of nitrogens with one attached hydrogen (secondary N) is 2. The first-order valence-electron chi connectivity index (χ1n) is 6.67. The standard InChI is InChI=1S/C14H18ClN5O/c1-14(2,3)10-6-9(7-11(15)19-10)13(21)16-5-4-12-17-8-18-20-12/h6-8H,4-5H2,1-3H3,(H,16,21)(H,17,18,20). The van der Waals surface area contributed by atoms with Crippen LogP contribution in [0.1, 0.15) is 42.6 Å². The minimum absolute atomic E-state index is 0.167. The maximum Gasteiger partial charge on any atom is 0.251 e. The minimum Gasteiger partial charge on any atom is -0.352 e. The Morgan fingerprint density at radius 1 is 1.38 bits per heavy atom. The molecule has 0 aromatic carbocycles. The smallest absolute Gasteiger partial charge is 0.251 e. The molecule has 0 fully saturated rings. The van der Waals surface area contributed by atoms with Crippen LogP contribution in [0.15, 0.2) is 18.5 Å². The fraction of sp³-hybridized carbons (Fsp3) is 0.429. The lowest BCUT2D eigenvalue weighted by Crippen LogP contribution is -2.27. The van der Waals surface area contributed by atoms with Crippen molar-refractivity contribution in [3.05, 3.63) is 40.7 Å². The normalized spacial score (nSPS) is 11.4. The SMILES string of the molecule is CC(C)(C)c1cc(C(=O)NCCc2ncn[nH]2)cc(Cl)n1. The molecular weight excluding hydrogens is 290 g/mol. The lowest BCUT2D eigenvalue weighted by Gasteiger charge is -2.18. The first kappa shape index (κ1) is 15.4. The summed E-state index contributed by atoms with van der Waals surface area (Å²) in [5.41, 5.74) is 1.13. The predicted octanol–water partition coefficient (Wildman–Crippen LogP) is 2.12. The van der Waals surface area contributed by atoms with Crippen LogP contribution in [0, 0.1) is 0 Å². The topological polar surface area (TPSA) is 83.6 Å². The molecule has 0 saturated heterocycles. The van der Waals surface area contributed by atoms with Gasteiger partial charge >= 0.3 is 0 Å². The van der Waals surface area contributed by atoms with Crippen LogP contribution in [0.2, 0.25) is 5.15 Å². The molecule has 0 bridgehead atoms. The number of carbonyl (C=O) groups excluding carboxylic acids is 1. The molecule has 2 aromatic rings. The molecule has 21 heavy (non-hydrogen) atoms. The highest BCUT2D eigenvalue weighted by atomic mass is 35.5. The summed E-state index contributed by atoms with van der Waals surface area (Å²) in [7, 11) is 0. The molecule has 2 aromatic heterocycles. The Morgan fingerprint density at radius 3 is 2.76 bits per heavy atom. The van der Waals surface area contributed by atoms with Crippen LogP contribution in [0.25, 0.3) is 0 Å². The Kier molecular flexibility index (Phi) is 4.57. The van der Waals surface area contributed by atoms with E-state index in [2.05, 4.69) is 25.5 Å². The number of pyridine rings is 1. The van der Waals surface area contributed by atoms with Gasteiger partial charge in [0.15, 0.2) is 0 Å². The van der Waals surface area contributed by atoms with Crippen molar-refractivity contribution < 1.29 is 4.79 Å². The second kappa shape index (κ2) is 6.22. The van der Waals surface area contributed by atoms with Crippen molar-refractivity contribution in [2.45, 2.75) is 32.6 Å². The highest BCUT2D eigenvalue weighted by Crippen LogP contribution is 2.23. The van der Waals surface area contributed by atoms with Crippen LogP contribution in [-0.2, 0) is 11.8 Å². The number of carbonyl (C=O) groups is 1. The Balaban J connectivity index is 2.03. The second-order valence-electron chi connectivity index (χ2n) is 5.75. The number of aromatic amines is 1. The Labute approximate surface area is 128 Å². The molecule has 0 saturated carbocycles. The van der Waals surface area contributed by atoms with Gasteiger partial charge in [-0.25, -0.2) is 9.97 Å². The van der Waals surface area contributed by atoms with E-state index in [1.165, 1.54) is 6.33 Å². The zero-order valence-electron chi connectivity index (χ0n) is 12.3. The van der Waals surface area contributed by atoms with E-state index in [9.17, 15) is 4.79 Å². The maximum absolute atomic E-state index is 12.2. The van der Waals surface area contributed by atoms with Gasteiger partial charge in [0.05, 0.1) is 0 Å². The van der Waals surface area contributed by atoms with E-state index in [1.54, 1.807) is 12.1 Å². The zero-order chi connectivity index (χ0) is 15.5. The van der Waals surface area contributed by atoms with Gasteiger partial charge in [0.2, 0.25) is 0 Å². The second-order valence-corrected chi connectivity index (χ2v) is 6.14. The number of hydrogen-bond donors (Lipinski definition) is 2. The predicted molar refractivity (Wildman–Crippen MR) is 80.4 cm³/mol. The summed E-state index contributed by atoms with van der Waals surface area (Å²) in [5, 5.41) is 9.65. The molecule has 2 rings (SSSR count). The molecule has 0 aliphatic rings. The first-order chi connectivity index (χ1) is 9.86. The fourth-order valence-corrected chi connectivity index (χ4v) is 1.97. The van der Waals surface area contributed by atoms with Crippen LogP contribution in [0.3, 0.4) is 0 Å². The van der Waals surface area contributed by atoms with E-state index >= 15 is 0 Å². The Morgan fingerprint density at radius 2 is 2.14 bits per heavy atom. The maximum atomic E-state index is 12.2. The quantitative estimate of drug-likeness (QED) is 0.848. The average molecular weight is 308 g/mol. The van der Waals surface area contributed by atoms with Gasteiger partial charge in [-0.05, 0) is 12.1 Å². The van der Waals surface area contributed by atoms with Crippen LogP contribution < -0.4 is 5.32 Å². The summed E-state index contributed by atoms with van der Waals surface area (Å²) >= 11 is 6.00. The number of hydrogen-bond acceptors (Lipinski definition) is 4. The molecular formula is C14H18ClN5O. The van der Waals surface area contributed by atoms with E-state index < -0.39 is 0 Å². The van der Waals surface area contributed by atoms with Gasteiger partial charge in [0, 0.05) is 29.6 Å². The molecule has 6 nitrogen and oxygen atoms in total. The molecule has 7 heteroatoms. The van der Waals surface area contributed by atoms with Gasteiger partial charge in [-0.3, -0.25) is 9.89 Å². The molecule has 0 radical (unpaired) electrons. The van der Waals surface area contributed by atoms with Gasteiger partial charge in [0.25, 0.3) is 5.91 Å². The molecule has 1 amide bonds. The molecule has 0 unspecified atom stereocenters. The highest BCUT2D eigenvalue weighted by Gasteiger charge is 2.18. The van der Waals surface area contributed by atoms with Gasteiger partial charge in [0.1, 0.15) is 17.3 Å². The Bertz CT molecular complexity index is 619. The fourth-order valence-electron chi connectivity index (χ4n) is 1.76. The average Bonchev–Trinajstić information content (AvgIpc) is 2.90. The third-order valence-electron chi connectivity index (χ3n) is 2.94. The van der Waals surface area contributed by atoms with Crippen LogP contribution >= 0.6 is 11.6 Å². The van der Waals surface area contributed by atoms with E-state index in [4.69, 9.17) is 11.6 Å². The largest absolute Gasteiger partial charge is 0.352 e. The molecule has 0 aliphatic heterocycles. The van der Waals surface area contributed by atoms with Gasteiger partial charge in [-0.2, -0.15) is 5.10 Å². The summed E-state index contributed by atoms with van der Waals surface area (Å²) in [4.78, 5) is 20.4. The van der Waals surface area contributed by atoms with Gasteiger partial charge < -0.3 is 5.32 Å². The number of nitrogens with zero attached hydrogens (tertiary/aromatic N) is 3. The van der Waals surface area contributed by atoms with Crippen LogP contribution in [0.5, 0.6) is 0 Å². The lowest BCUT2D eigenvalue weighted by molar-refractivity contribution is 0.0953. The molecule has 0 atom stereocenters. The van der Waals surface area contributed by atoms with Crippen molar-refractivity contribution in [3.8, 4) is 0 Å². The van der Waals surface area contributed by atoms with E-state index in [0.29, 0.717) is 23.7 Å². The summed E-state index contributed by atoms with van der Waals surface area (Å²) in [6, 6.07) is 3.34. The highest BCUT2D eigenvalue weighted by molar-refractivity contribution is 6.29. The molecule has 2 heterocycles. The number of aromatic nitrogens is 4. The van der Waals surface area contributed by atoms with Crippen molar-refractivity contribution >= 4 is 17.5 Å². The summed E-state index contributed by atoms with van der Waals surface area (Å²) in [6.07, 6.45) is 2.03. The van der Waals surface area contributed by atoms with Crippen LogP contribution in [0.4, 0.5) is 0 Å². The molecule has 112 valence electrons. The lowest BCUT2D eigenvalue weighted by atomic mass is 9.91. The monoisotopic (exact) mass is 307 g/mol. The van der Waals surface area contributed by atoms with Crippen LogP contribution in [-0.4, -0.2) is 32.6 Å². The summed E-state index contributed by atoms with van der Waals surface area (Å²) in [6.45, 7) is 6.55. The van der Waals surface area contributed by atoms with E-state index in [1.807, 2.05) is 20.8 Å². The van der Waals surface area contributed by atoms with Crippen molar-refractivity contribution in [2.75, 3.05) is 6.54 Å². The minimum atomic E-state index is -0.177. The number of amides is 1. The summed E-state index contributed by atoms with van der Waals surface area (Å²) < 4.78 is 0. The third-order valence-corrected chi connectivity index (χ3v) is 3.13. The number of H-pyrrole nitrogens is 1. The van der Waals surface area contributed by atoms with Crippen molar-refractivity contribution in [3.63, 3.8) is 0 Å². The van der Waals surface area contributed by atoms with Crippen molar-refractivity contribution in [1.29, 1.82) is 0 Å².